The second-order valence-corrected chi connectivity index (χ2v) is 7.99. The highest BCUT2D eigenvalue weighted by Crippen LogP contribution is 2.32. The molecular formula is C21H35Cl2N3O3. The number of morpholine rings is 1. The van der Waals surface area contributed by atoms with Gasteiger partial charge in [0.05, 0.1) is 32.3 Å². The Morgan fingerprint density at radius 3 is 2.52 bits per heavy atom. The number of benzene rings is 1. The summed E-state index contributed by atoms with van der Waals surface area (Å²) in [4.78, 5) is 15.3. The van der Waals surface area contributed by atoms with Crippen molar-refractivity contribution in [3.05, 3.63) is 29.8 Å². The van der Waals surface area contributed by atoms with E-state index in [1.54, 1.807) is 7.11 Å². The average Bonchev–Trinajstić information content (AvgIpc) is 2.69. The summed E-state index contributed by atoms with van der Waals surface area (Å²) in [6, 6.07) is 8.24. The van der Waals surface area contributed by atoms with Gasteiger partial charge in [0.1, 0.15) is 5.75 Å². The molecule has 0 bridgehead atoms. The monoisotopic (exact) mass is 447 g/mol. The minimum atomic E-state index is -0.406. The van der Waals surface area contributed by atoms with Crippen molar-refractivity contribution < 1.29 is 14.3 Å². The largest absolute Gasteiger partial charge is 0.497 e. The van der Waals surface area contributed by atoms with Crippen LogP contribution in [0.3, 0.4) is 0 Å². The van der Waals surface area contributed by atoms with Crippen LogP contribution in [0.5, 0.6) is 5.75 Å². The van der Waals surface area contributed by atoms with Gasteiger partial charge in [-0.3, -0.25) is 9.69 Å². The van der Waals surface area contributed by atoms with Crippen LogP contribution in [-0.4, -0.2) is 56.3 Å². The predicted octanol–water partition coefficient (Wildman–Crippen LogP) is 2.94. The first-order valence-corrected chi connectivity index (χ1v) is 10.0. The highest BCUT2D eigenvalue weighted by molar-refractivity contribution is 5.85. The fourth-order valence-corrected chi connectivity index (χ4v) is 4.28. The van der Waals surface area contributed by atoms with E-state index in [-0.39, 0.29) is 42.7 Å². The molecule has 1 aromatic carbocycles. The van der Waals surface area contributed by atoms with Crippen LogP contribution in [0, 0.1) is 5.92 Å². The molecule has 6 nitrogen and oxygen atoms in total. The van der Waals surface area contributed by atoms with E-state index in [0.717, 1.165) is 57.7 Å². The van der Waals surface area contributed by atoms with Gasteiger partial charge < -0.3 is 20.5 Å². The lowest BCUT2D eigenvalue weighted by Gasteiger charge is -2.38. The second-order valence-electron chi connectivity index (χ2n) is 7.99. The summed E-state index contributed by atoms with van der Waals surface area (Å²) in [6.07, 6.45) is 3.98. The molecule has 8 heteroatoms. The number of rotatable bonds is 6. The first-order valence-electron chi connectivity index (χ1n) is 10.0. The van der Waals surface area contributed by atoms with E-state index in [9.17, 15) is 4.79 Å². The Labute approximate surface area is 186 Å². The lowest BCUT2D eigenvalue weighted by molar-refractivity contribution is -0.128. The SMILES string of the molecule is COc1ccc(C(CNC(=O)C2CCCCC2(C)N)N2CCOCC2)cc1.Cl.Cl. The van der Waals surface area contributed by atoms with E-state index >= 15 is 0 Å². The lowest BCUT2D eigenvalue weighted by atomic mass is 9.74. The molecule has 1 aliphatic carbocycles. The van der Waals surface area contributed by atoms with Crippen LogP contribution in [0.25, 0.3) is 0 Å². The number of amides is 1. The number of carbonyl (C=O) groups excluding carboxylic acids is 1. The Morgan fingerprint density at radius 2 is 1.93 bits per heavy atom. The van der Waals surface area contributed by atoms with Gasteiger partial charge in [-0.05, 0) is 37.5 Å². The van der Waals surface area contributed by atoms with Crippen LogP contribution in [0.15, 0.2) is 24.3 Å². The van der Waals surface area contributed by atoms with Crippen molar-refractivity contribution in [2.75, 3.05) is 40.0 Å². The number of halogens is 2. The fraction of sp³-hybridized carbons (Fsp3) is 0.667. The van der Waals surface area contributed by atoms with Gasteiger partial charge in [-0.1, -0.05) is 25.0 Å². The van der Waals surface area contributed by atoms with Crippen LogP contribution in [-0.2, 0) is 9.53 Å². The molecule has 0 aromatic heterocycles. The van der Waals surface area contributed by atoms with E-state index < -0.39 is 5.54 Å². The van der Waals surface area contributed by atoms with Gasteiger partial charge in [0, 0.05) is 25.2 Å². The van der Waals surface area contributed by atoms with Gasteiger partial charge in [-0.15, -0.1) is 24.8 Å². The average molecular weight is 448 g/mol. The molecule has 3 atom stereocenters. The maximum Gasteiger partial charge on any atom is 0.225 e. The lowest BCUT2D eigenvalue weighted by Crippen LogP contribution is -2.54. The van der Waals surface area contributed by atoms with Gasteiger partial charge >= 0.3 is 0 Å². The topological polar surface area (TPSA) is 76.8 Å². The quantitative estimate of drug-likeness (QED) is 0.700. The Bertz CT molecular complexity index is 622. The van der Waals surface area contributed by atoms with E-state index in [1.807, 2.05) is 19.1 Å². The first-order chi connectivity index (χ1) is 13.0. The van der Waals surface area contributed by atoms with Crippen molar-refractivity contribution in [1.82, 2.24) is 10.2 Å². The Balaban J connectivity index is 0.00000210. The predicted molar refractivity (Wildman–Crippen MR) is 120 cm³/mol. The van der Waals surface area contributed by atoms with Crippen LogP contribution >= 0.6 is 24.8 Å². The van der Waals surface area contributed by atoms with Gasteiger partial charge in [-0.25, -0.2) is 0 Å². The zero-order valence-corrected chi connectivity index (χ0v) is 19.0. The van der Waals surface area contributed by atoms with Crippen LogP contribution in [0.4, 0.5) is 0 Å². The zero-order chi connectivity index (χ0) is 19.3. The molecule has 3 unspecified atom stereocenters. The molecule has 2 fully saturated rings. The fourth-order valence-electron chi connectivity index (χ4n) is 4.28. The van der Waals surface area contributed by atoms with E-state index in [4.69, 9.17) is 15.2 Å². The van der Waals surface area contributed by atoms with Crippen molar-refractivity contribution in [3.8, 4) is 5.75 Å². The molecule has 1 aromatic rings. The number of hydrogen-bond acceptors (Lipinski definition) is 5. The van der Waals surface area contributed by atoms with Crippen LogP contribution < -0.4 is 15.8 Å². The Kier molecular flexibility index (Phi) is 10.7. The standard InChI is InChI=1S/C21H33N3O3.2ClH/c1-21(22)10-4-3-5-18(21)20(25)23-15-19(24-11-13-27-14-12-24)16-6-8-17(26-2)9-7-16;;/h6-9,18-19H,3-5,10-15,22H2,1-2H3,(H,23,25);2*1H. The number of carbonyl (C=O) groups is 1. The molecule has 1 aliphatic heterocycles. The summed E-state index contributed by atoms with van der Waals surface area (Å²) in [5, 5.41) is 3.20. The van der Waals surface area contributed by atoms with Gasteiger partial charge in [0.15, 0.2) is 0 Å². The van der Waals surface area contributed by atoms with Crippen molar-refractivity contribution in [3.63, 3.8) is 0 Å². The van der Waals surface area contributed by atoms with E-state index in [2.05, 4.69) is 22.3 Å². The Morgan fingerprint density at radius 1 is 1.28 bits per heavy atom. The highest BCUT2D eigenvalue weighted by Gasteiger charge is 2.38. The molecule has 0 spiro atoms. The zero-order valence-electron chi connectivity index (χ0n) is 17.4. The van der Waals surface area contributed by atoms with Crippen LogP contribution in [0.2, 0.25) is 0 Å². The van der Waals surface area contributed by atoms with Crippen molar-refractivity contribution in [2.24, 2.45) is 11.7 Å². The highest BCUT2D eigenvalue weighted by atomic mass is 35.5. The second kappa shape index (κ2) is 12.0. The van der Waals surface area contributed by atoms with Crippen molar-refractivity contribution in [1.29, 1.82) is 0 Å². The molecule has 1 amide bonds. The minimum absolute atomic E-state index is 0. The van der Waals surface area contributed by atoms with E-state index in [0.29, 0.717) is 6.54 Å². The Hall–Kier alpha value is -1.05. The normalized spacial score (nSPS) is 25.8. The first kappa shape index (κ1) is 26.0. The summed E-state index contributed by atoms with van der Waals surface area (Å²) in [5.74, 6) is 0.823. The number of nitrogens with one attached hydrogen (secondary N) is 1. The third kappa shape index (κ3) is 6.72. The molecule has 0 radical (unpaired) electrons. The summed E-state index contributed by atoms with van der Waals surface area (Å²) in [7, 11) is 1.67. The van der Waals surface area contributed by atoms with Crippen LogP contribution in [0.1, 0.15) is 44.2 Å². The van der Waals surface area contributed by atoms with E-state index in [1.165, 1.54) is 5.56 Å². The summed E-state index contributed by atoms with van der Waals surface area (Å²) in [6.45, 7) is 5.78. The number of ether oxygens (including phenoxy) is 2. The number of nitrogens with zero attached hydrogens (tertiary/aromatic N) is 1. The summed E-state index contributed by atoms with van der Waals surface area (Å²) >= 11 is 0. The van der Waals surface area contributed by atoms with Gasteiger partial charge in [0.2, 0.25) is 5.91 Å². The molecule has 3 N–H and O–H groups in total. The third-order valence-electron chi connectivity index (χ3n) is 6.03. The van der Waals surface area contributed by atoms with Gasteiger partial charge in [0.25, 0.3) is 0 Å². The molecule has 1 heterocycles. The molecule has 2 aliphatic rings. The molecule has 1 saturated heterocycles. The van der Waals surface area contributed by atoms with Crippen molar-refractivity contribution in [2.45, 2.75) is 44.2 Å². The molecule has 1 saturated carbocycles. The minimum Gasteiger partial charge on any atom is -0.497 e. The van der Waals surface area contributed by atoms with Gasteiger partial charge in [-0.2, -0.15) is 0 Å². The number of hydrogen-bond donors (Lipinski definition) is 2. The molecule has 29 heavy (non-hydrogen) atoms. The maximum atomic E-state index is 12.9. The van der Waals surface area contributed by atoms with Crippen molar-refractivity contribution >= 4 is 30.7 Å². The molecular weight excluding hydrogens is 413 g/mol. The third-order valence-corrected chi connectivity index (χ3v) is 6.03. The summed E-state index contributed by atoms with van der Waals surface area (Å²) < 4.78 is 10.8. The molecule has 3 rings (SSSR count). The number of nitrogens with two attached hydrogens (primary N) is 1. The maximum absolute atomic E-state index is 12.9. The smallest absolute Gasteiger partial charge is 0.225 e. The summed E-state index contributed by atoms with van der Waals surface area (Å²) in [5.41, 5.74) is 7.19. The molecule has 166 valence electrons. The number of methoxy groups -OCH3 is 1.